The molecule has 0 aliphatic rings. The summed E-state index contributed by atoms with van der Waals surface area (Å²) in [5.41, 5.74) is 4.52. The maximum Gasteiger partial charge on any atom is 0.214 e. The molecule has 2 heterocycles. The van der Waals surface area contributed by atoms with Gasteiger partial charge in [-0.3, -0.25) is 4.79 Å². The quantitative estimate of drug-likeness (QED) is 0.329. The average Bonchev–Trinajstić information content (AvgIpc) is 3.26. The van der Waals surface area contributed by atoms with Gasteiger partial charge in [-0.05, 0) is 55.0 Å². The molecule has 0 aliphatic heterocycles. The lowest BCUT2D eigenvalue weighted by molar-refractivity contribution is 0.102. The summed E-state index contributed by atoms with van der Waals surface area (Å²) in [6.45, 7) is 10.4. The number of nitrogens with zero attached hydrogens (tertiary/aromatic N) is 5. The number of benzene rings is 1. The van der Waals surface area contributed by atoms with Crippen molar-refractivity contribution in [2.24, 2.45) is 0 Å². The fourth-order valence-electron chi connectivity index (χ4n) is 3.09. The molecule has 0 N–H and O–H groups in total. The van der Waals surface area contributed by atoms with E-state index in [-0.39, 0.29) is 11.5 Å². The number of allylic oxidation sites excluding steroid dienone is 1. The number of thioether (sulfide) groups is 1. The van der Waals surface area contributed by atoms with E-state index in [2.05, 4.69) is 26.7 Å². The summed E-state index contributed by atoms with van der Waals surface area (Å²) < 4.78 is 9.10. The first kappa shape index (κ1) is 19.9. The maximum absolute atomic E-state index is 12.8. The molecule has 0 amide bonds. The van der Waals surface area contributed by atoms with E-state index in [9.17, 15) is 4.79 Å². The van der Waals surface area contributed by atoms with Gasteiger partial charge in [-0.1, -0.05) is 23.9 Å². The molecule has 1 aromatic carbocycles. The number of methoxy groups -OCH3 is 1. The van der Waals surface area contributed by atoms with Gasteiger partial charge in [0.1, 0.15) is 11.4 Å². The Labute approximate surface area is 168 Å². The highest BCUT2D eigenvalue weighted by atomic mass is 32.2. The highest BCUT2D eigenvalue weighted by Gasteiger charge is 2.19. The Balaban J connectivity index is 1.81. The number of hydrogen-bond donors (Lipinski definition) is 0. The van der Waals surface area contributed by atoms with Crippen molar-refractivity contribution in [2.45, 2.75) is 32.5 Å². The summed E-state index contributed by atoms with van der Waals surface area (Å²) in [6, 6.07) is 7.71. The number of ketones is 1. The molecule has 2 aromatic heterocycles. The van der Waals surface area contributed by atoms with Crippen molar-refractivity contribution < 1.29 is 9.53 Å². The molecule has 0 bridgehead atoms. The molecule has 0 atom stereocenters. The highest BCUT2D eigenvalue weighted by Crippen LogP contribution is 2.27. The number of ether oxygens (including phenoxy) is 1. The number of carbonyl (C=O) groups is 1. The van der Waals surface area contributed by atoms with Crippen LogP contribution in [0.2, 0.25) is 0 Å². The fourth-order valence-corrected chi connectivity index (χ4v) is 3.85. The van der Waals surface area contributed by atoms with Crippen LogP contribution in [-0.4, -0.2) is 43.4 Å². The van der Waals surface area contributed by atoms with Gasteiger partial charge in [0.15, 0.2) is 5.78 Å². The third-order valence-corrected chi connectivity index (χ3v) is 5.44. The molecule has 0 fully saturated rings. The van der Waals surface area contributed by atoms with E-state index in [0.29, 0.717) is 17.5 Å². The van der Waals surface area contributed by atoms with Crippen LogP contribution in [0.5, 0.6) is 5.75 Å². The monoisotopic (exact) mass is 397 g/mol. The molecule has 0 aliphatic carbocycles. The standard InChI is InChI=1S/C20H23N5O2S/c1-6-9-24-14(3)11-16(15(24)4)18(26)12-28-20-21-22-23-25(20)17-10-13(2)7-8-19(17)27-5/h6-8,10-11H,1,9,12H2,2-5H3. The number of rotatable bonds is 8. The van der Waals surface area contributed by atoms with E-state index >= 15 is 0 Å². The van der Waals surface area contributed by atoms with Crippen LogP contribution < -0.4 is 4.74 Å². The SMILES string of the molecule is C=CCn1c(C)cc(C(=O)CSc2nnnn2-c2cc(C)ccc2OC)c1C. The van der Waals surface area contributed by atoms with Gasteiger partial charge in [0.25, 0.3) is 0 Å². The van der Waals surface area contributed by atoms with E-state index in [1.807, 2.05) is 51.1 Å². The Morgan fingerprint density at radius 2 is 2.07 bits per heavy atom. The molecule has 0 saturated carbocycles. The van der Waals surface area contributed by atoms with E-state index in [0.717, 1.165) is 28.2 Å². The highest BCUT2D eigenvalue weighted by molar-refractivity contribution is 7.99. The first-order chi connectivity index (χ1) is 13.5. The van der Waals surface area contributed by atoms with Crippen LogP contribution in [0.4, 0.5) is 0 Å². The second-order valence-electron chi connectivity index (χ2n) is 6.44. The normalized spacial score (nSPS) is 10.9. The predicted octanol–water partition coefficient (Wildman–Crippen LogP) is 3.56. The smallest absolute Gasteiger partial charge is 0.214 e. The molecule has 0 unspecified atom stereocenters. The maximum atomic E-state index is 12.8. The zero-order valence-electron chi connectivity index (χ0n) is 16.5. The van der Waals surface area contributed by atoms with Crippen molar-refractivity contribution in [3.63, 3.8) is 0 Å². The molecule has 28 heavy (non-hydrogen) atoms. The summed E-state index contributed by atoms with van der Waals surface area (Å²) in [5.74, 6) is 0.950. The van der Waals surface area contributed by atoms with E-state index in [4.69, 9.17) is 4.74 Å². The predicted molar refractivity (Wildman–Crippen MR) is 110 cm³/mol. The van der Waals surface area contributed by atoms with Crippen molar-refractivity contribution in [3.8, 4) is 11.4 Å². The number of tetrazole rings is 1. The van der Waals surface area contributed by atoms with Gasteiger partial charge in [-0.25, -0.2) is 0 Å². The minimum Gasteiger partial charge on any atom is -0.494 e. The molecule has 3 rings (SSSR count). The molecule has 3 aromatic rings. The Morgan fingerprint density at radius 3 is 2.79 bits per heavy atom. The third-order valence-electron chi connectivity index (χ3n) is 4.52. The van der Waals surface area contributed by atoms with Crippen molar-refractivity contribution in [2.75, 3.05) is 12.9 Å². The first-order valence-electron chi connectivity index (χ1n) is 8.83. The van der Waals surface area contributed by atoms with Gasteiger partial charge in [-0.2, -0.15) is 4.68 Å². The Bertz CT molecular complexity index is 1020. The molecule has 0 saturated heterocycles. The minimum absolute atomic E-state index is 0.0409. The summed E-state index contributed by atoms with van der Waals surface area (Å²) in [5, 5.41) is 12.5. The van der Waals surface area contributed by atoms with Crippen molar-refractivity contribution in [3.05, 3.63) is 59.4 Å². The van der Waals surface area contributed by atoms with Crippen LogP contribution in [-0.2, 0) is 6.54 Å². The lowest BCUT2D eigenvalue weighted by Gasteiger charge is -2.10. The average molecular weight is 398 g/mol. The third kappa shape index (κ3) is 3.87. The summed E-state index contributed by atoms with van der Waals surface area (Å²) in [4.78, 5) is 12.8. The molecular formula is C20H23N5O2S. The van der Waals surface area contributed by atoms with Crippen LogP contribution >= 0.6 is 11.8 Å². The van der Waals surface area contributed by atoms with Crippen LogP contribution in [0.25, 0.3) is 5.69 Å². The number of hydrogen-bond acceptors (Lipinski definition) is 6. The van der Waals surface area contributed by atoms with Crippen LogP contribution in [0.1, 0.15) is 27.3 Å². The van der Waals surface area contributed by atoms with Crippen molar-refractivity contribution in [1.29, 1.82) is 0 Å². The Hall–Kier alpha value is -2.87. The topological polar surface area (TPSA) is 74.8 Å². The van der Waals surface area contributed by atoms with Crippen molar-refractivity contribution >= 4 is 17.5 Å². The molecule has 0 spiro atoms. The largest absolute Gasteiger partial charge is 0.494 e. The number of Topliss-reactive ketones (excluding diaryl/α,β-unsaturated/α-hetero) is 1. The lowest BCUT2D eigenvalue weighted by atomic mass is 10.2. The van der Waals surface area contributed by atoms with Gasteiger partial charge in [0.05, 0.1) is 12.9 Å². The summed E-state index contributed by atoms with van der Waals surface area (Å²) in [6.07, 6.45) is 1.83. The molecule has 146 valence electrons. The number of aromatic nitrogens is 5. The van der Waals surface area contributed by atoms with E-state index < -0.39 is 0 Å². The first-order valence-corrected chi connectivity index (χ1v) is 9.81. The number of carbonyl (C=O) groups excluding carboxylic acids is 1. The zero-order chi connectivity index (χ0) is 20.3. The van der Waals surface area contributed by atoms with Crippen LogP contribution in [0.15, 0.2) is 42.1 Å². The lowest BCUT2D eigenvalue weighted by Crippen LogP contribution is -2.08. The minimum atomic E-state index is 0.0409. The molecule has 0 radical (unpaired) electrons. The Morgan fingerprint density at radius 1 is 1.29 bits per heavy atom. The second-order valence-corrected chi connectivity index (χ2v) is 7.39. The van der Waals surface area contributed by atoms with Crippen molar-refractivity contribution in [1.82, 2.24) is 24.8 Å². The van der Waals surface area contributed by atoms with Gasteiger partial charge < -0.3 is 9.30 Å². The van der Waals surface area contributed by atoms with E-state index in [1.165, 1.54) is 11.8 Å². The summed E-state index contributed by atoms with van der Waals surface area (Å²) >= 11 is 1.31. The van der Waals surface area contributed by atoms with Gasteiger partial charge in [0, 0.05) is 23.5 Å². The molecule has 8 heteroatoms. The van der Waals surface area contributed by atoms with E-state index in [1.54, 1.807) is 11.8 Å². The molecular weight excluding hydrogens is 374 g/mol. The fraction of sp³-hybridized carbons (Fsp3) is 0.300. The van der Waals surface area contributed by atoms with Gasteiger partial charge in [-0.15, -0.1) is 11.7 Å². The Kier molecular flexibility index (Phi) is 5.99. The molecule has 7 nitrogen and oxygen atoms in total. The van der Waals surface area contributed by atoms with Gasteiger partial charge in [0.2, 0.25) is 5.16 Å². The second kappa shape index (κ2) is 8.43. The van der Waals surface area contributed by atoms with Crippen LogP contribution in [0, 0.1) is 20.8 Å². The van der Waals surface area contributed by atoms with Gasteiger partial charge >= 0.3 is 0 Å². The summed E-state index contributed by atoms with van der Waals surface area (Å²) in [7, 11) is 1.61. The number of aryl methyl sites for hydroxylation is 2. The zero-order valence-corrected chi connectivity index (χ0v) is 17.3. The van der Waals surface area contributed by atoms with Crippen LogP contribution in [0.3, 0.4) is 0 Å².